The van der Waals surface area contributed by atoms with Gasteiger partial charge in [0, 0.05) is 44.6 Å². The molecule has 0 radical (unpaired) electrons. The first-order chi connectivity index (χ1) is 11.2. The van der Waals surface area contributed by atoms with E-state index in [1.165, 1.54) is 16.0 Å². The Balaban J connectivity index is 1.60. The molecule has 0 atom stereocenters. The SMILES string of the molecule is Cc1ccc2nc(-n3cccc3CN3CCN(C)CC3)sc2c1. The fraction of sp³-hybridized carbons (Fsp3) is 0.389. The van der Waals surface area contributed by atoms with Gasteiger partial charge in [0.05, 0.1) is 10.2 Å². The van der Waals surface area contributed by atoms with E-state index in [4.69, 9.17) is 4.98 Å². The van der Waals surface area contributed by atoms with Gasteiger partial charge in [-0.1, -0.05) is 17.4 Å². The lowest BCUT2D eigenvalue weighted by Crippen LogP contribution is -2.44. The highest BCUT2D eigenvalue weighted by Crippen LogP contribution is 2.27. The van der Waals surface area contributed by atoms with Gasteiger partial charge in [-0.25, -0.2) is 4.98 Å². The monoisotopic (exact) mass is 326 g/mol. The molecule has 0 N–H and O–H groups in total. The van der Waals surface area contributed by atoms with Gasteiger partial charge in [-0.15, -0.1) is 0 Å². The van der Waals surface area contributed by atoms with Crippen LogP contribution in [-0.2, 0) is 6.54 Å². The maximum absolute atomic E-state index is 4.82. The van der Waals surface area contributed by atoms with Crippen molar-refractivity contribution in [2.45, 2.75) is 13.5 Å². The third-order valence-electron chi connectivity index (χ3n) is 4.55. The smallest absolute Gasteiger partial charge is 0.194 e. The first-order valence-electron chi connectivity index (χ1n) is 8.14. The molecule has 1 aliphatic rings. The number of nitrogens with zero attached hydrogens (tertiary/aromatic N) is 4. The average molecular weight is 326 g/mol. The van der Waals surface area contributed by atoms with E-state index < -0.39 is 0 Å². The molecule has 0 bridgehead atoms. The molecule has 0 aliphatic carbocycles. The molecule has 5 heteroatoms. The number of rotatable bonds is 3. The van der Waals surface area contributed by atoms with Gasteiger partial charge in [-0.2, -0.15) is 0 Å². The summed E-state index contributed by atoms with van der Waals surface area (Å²) in [4.78, 5) is 9.74. The fourth-order valence-corrected chi connectivity index (χ4v) is 4.17. The maximum Gasteiger partial charge on any atom is 0.194 e. The van der Waals surface area contributed by atoms with Crippen LogP contribution in [0.5, 0.6) is 0 Å². The molecule has 3 heterocycles. The van der Waals surface area contributed by atoms with E-state index in [2.05, 4.69) is 64.9 Å². The predicted molar refractivity (Wildman–Crippen MR) is 96.5 cm³/mol. The first kappa shape index (κ1) is 14.9. The van der Waals surface area contributed by atoms with Crippen LogP contribution in [0.3, 0.4) is 0 Å². The summed E-state index contributed by atoms with van der Waals surface area (Å²) in [5.41, 5.74) is 3.71. The zero-order chi connectivity index (χ0) is 15.8. The van der Waals surface area contributed by atoms with Crippen molar-refractivity contribution in [1.82, 2.24) is 19.4 Å². The van der Waals surface area contributed by atoms with E-state index in [1.807, 2.05) is 0 Å². The minimum Gasteiger partial charge on any atom is -0.304 e. The molecule has 3 aromatic rings. The van der Waals surface area contributed by atoms with Gasteiger partial charge in [-0.05, 0) is 43.8 Å². The van der Waals surface area contributed by atoms with Crippen LogP contribution in [0.25, 0.3) is 15.3 Å². The minimum atomic E-state index is 0.996. The van der Waals surface area contributed by atoms with Crippen molar-refractivity contribution in [1.29, 1.82) is 0 Å². The van der Waals surface area contributed by atoms with Gasteiger partial charge in [-0.3, -0.25) is 9.47 Å². The number of hydrogen-bond donors (Lipinski definition) is 0. The van der Waals surface area contributed by atoms with E-state index in [1.54, 1.807) is 11.3 Å². The highest BCUT2D eigenvalue weighted by Gasteiger charge is 2.16. The Hall–Kier alpha value is -1.69. The molecular formula is C18H22N4S. The Labute approximate surface area is 141 Å². The van der Waals surface area contributed by atoms with E-state index in [-0.39, 0.29) is 0 Å². The molecule has 23 heavy (non-hydrogen) atoms. The Morgan fingerprint density at radius 3 is 2.78 bits per heavy atom. The molecule has 1 aliphatic heterocycles. The number of piperazine rings is 1. The number of aromatic nitrogens is 2. The lowest BCUT2D eigenvalue weighted by atomic mass is 10.2. The van der Waals surface area contributed by atoms with Crippen LogP contribution in [0.2, 0.25) is 0 Å². The molecule has 4 nitrogen and oxygen atoms in total. The summed E-state index contributed by atoms with van der Waals surface area (Å²) in [6, 6.07) is 10.8. The number of hydrogen-bond acceptors (Lipinski definition) is 4. The molecule has 4 rings (SSSR count). The Bertz CT molecular complexity index is 811. The molecule has 0 saturated carbocycles. The quantitative estimate of drug-likeness (QED) is 0.739. The Morgan fingerprint density at radius 1 is 1.13 bits per heavy atom. The molecular weight excluding hydrogens is 304 g/mol. The van der Waals surface area contributed by atoms with Crippen LogP contribution in [0.4, 0.5) is 0 Å². The summed E-state index contributed by atoms with van der Waals surface area (Å²) in [5.74, 6) is 0. The lowest BCUT2D eigenvalue weighted by Gasteiger charge is -2.32. The van der Waals surface area contributed by atoms with Crippen molar-refractivity contribution in [3.05, 3.63) is 47.8 Å². The second-order valence-electron chi connectivity index (χ2n) is 6.42. The van der Waals surface area contributed by atoms with Crippen LogP contribution in [0, 0.1) is 6.92 Å². The number of likely N-dealkylation sites (N-methyl/N-ethyl adjacent to an activating group) is 1. The zero-order valence-corrected chi connectivity index (χ0v) is 14.5. The standard InChI is InChI=1S/C18H22N4S/c1-14-5-6-16-17(12-14)23-18(19-16)22-7-3-4-15(22)13-21-10-8-20(2)9-11-21/h3-7,12H,8-11,13H2,1-2H3. The van der Waals surface area contributed by atoms with Gasteiger partial charge >= 0.3 is 0 Å². The summed E-state index contributed by atoms with van der Waals surface area (Å²) in [7, 11) is 2.20. The Kier molecular flexibility index (Phi) is 3.93. The highest BCUT2D eigenvalue weighted by molar-refractivity contribution is 7.20. The second kappa shape index (κ2) is 6.07. The average Bonchev–Trinajstić information content (AvgIpc) is 3.15. The van der Waals surface area contributed by atoms with Gasteiger partial charge in [0.1, 0.15) is 0 Å². The normalized spacial score (nSPS) is 17.1. The zero-order valence-electron chi connectivity index (χ0n) is 13.7. The largest absolute Gasteiger partial charge is 0.304 e. The van der Waals surface area contributed by atoms with Crippen molar-refractivity contribution in [2.75, 3.05) is 33.2 Å². The van der Waals surface area contributed by atoms with E-state index >= 15 is 0 Å². The Morgan fingerprint density at radius 2 is 1.96 bits per heavy atom. The van der Waals surface area contributed by atoms with Gasteiger partial charge in [0.15, 0.2) is 5.13 Å². The third-order valence-corrected chi connectivity index (χ3v) is 5.57. The van der Waals surface area contributed by atoms with E-state index in [9.17, 15) is 0 Å². The molecule has 120 valence electrons. The fourth-order valence-electron chi connectivity index (χ4n) is 3.09. The van der Waals surface area contributed by atoms with Gasteiger partial charge in [0.2, 0.25) is 0 Å². The van der Waals surface area contributed by atoms with Crippen LogP contribution in [0.1, 0.15) is 11.3 Å². The summed E-state index contributed by atoms with van der Waals surface area (Å²) >= 11 is 1.77. The molecule has 1 fully saturated rings. The molecule has 0 spiro atoms. The molecule has 0 amide bonds. The first-order valence-corrected chi connectivity index (χ1v) is 8.95. The number of fused-ring (bicyclic) bond motifs is 1. The number of aryl methyl sites for hydroxylation is 1. The third kappa shape index (κ3) is 3.04. The van der Waals surface area contributed by atoms with Crippen LogP contribution >= 0.6 is 11.3 Å². The lowest BCUT2D eigenvalue weighted by molar-refractivity contribution is 0.146. The molecule has 1 aromatic carbocycles. The van der Waals surface area contributed by atoms with Crippen LogP contribution in [0.15, 0.2) is 36.5 Å². The van der Waals surface area contributed by atoms with Crippen LogP contribution < -0.4 is 0 Å². The van der Waals surface area contributed by atoms with Gasteiger partial charge < -0.3 is 4.90 Å². The topological polar surface area (TPSA) is 24.3 Å². The van der Waals surface area contributed by atoms with Crippen molar-refractivity contribution in [2.24, 2.45) is 0 Å². The predicted octanol–water partition coefficient (Wildman–Crippen LogP) is 3.14. The van der Waals surface area contributed by atoms with Gasteiger partial charge in [0.25, 0.3) is 0 Å². The molecule has 1 saturated heterocycles. The summed E-state index contributed by atoms with van der Waals surface area (Å²) in [6.07, 6.45) is 2.13. The van der Waals surface area contributed by atoms with E-state index in [0.717, 1.165) is 43.4 Å². The van der Waals surface area contributed by atoms with Crippen molar-refractivity contribution in [3.63, 3.8) is 0 Å². The summed E-state index contributed by atoms with van der Waals surface area (Å²) < 4.78 is 3.51. The summed E-state index contributed by atoms with van der Waals surface area (Å²) in [5, 5.41) is 1.07. The second-order valence-corrected chi connectivity index (χ2v) is 7.43. The van der Waals surface area contributed by atoms with Crippen molar-refractivity contribution in [3.8, 4) is 5.13 Å². The highest BCUT2D eigenvalue weighted by atomic mass is 32.1. The number of thiazole rings is 1. The summed E-state index contributed by atoms with van der Waals surface area (Å²) in [6.45, 7) is 7.72. The molecule has 0 unspecified atom stereocenters. The van der Waals surface area contributed by atoms with Crippen molar-refractivity contribution >= 4 is 21.6 Å². The molecule has 2 aromatic heterocycles. The minimum absolute atomic E-state index is 0.996. The van der Waals surface area contributed by atoms with E-state index in [0.29, 0.717) is 0 Å². The van der Waals surface area contributed by atoms with Crippen LogP contribution in [-0.4, -0.2) is 52.6 Å². The van der Waals surface area contributed by atoms with Crippen molar-refractivity contribution < 1.29 is 0 Å². The maximum atomic E-state index is 4.82. The number of benzene rings is 1.